The van der Waals surface area contributed by atoms with Crippen LogP contribution in [0.4, 0.5) is 5.82 Å². The van der Waals surface area contributed by atoms with E-state index in [0.29, 0.717) is 6.42 Å². The molecule has 0 radical (unpaired) electrons. The molecule has 0 aromatic carbocycles. The van der Waals surface area contributed by atoms with E-state index in [9.17, 15) is 4.79 Å². The Balaban J connectivity index is 1.58. The van der Waals surface area contributed by atoms with Crippen LogP contribution in [0, 0.1) is 13.8 Å². The van der Waals surface area contributed by atoms with Gasteiger partial charge in [-0.15, -0.1) is 0 Å². The summed E-state index contributed by atoms with van der Waals surface area (Å²) in [6.45, 7) is 6.78. The zero-order valence-corrected chi connectivity index (χ0v) is 13.0. The molecule has 1 fully saturated rings. The van der Waals surface area contributed by atoms with Gasteiger partial charge in [0.1, 0.15) is 11.6 Å². The minimum Gasteiger partial charge on any atom is -0.361 e. The summed E-state index contributed by atoms with van der Waals surface area (Å²) < 4.78 is 5.12. The van der Waals surface area contributed by atoms with Crippen molar-refractivity contribution in [1.82, 2.24) is 15.0 Å². The molecule has 6 nitrogen and oxygen atoms in total. The first-order valence-corrected chi connectivity index (χ1v) is 7.50. The molecule has 116 valence electrons. The number of pyridine rings is 1. The number of carbonyl (C=O) groups excluding carboxylic acids is 1. The molecule has 1 aliphatic rings. The number of piperazine rings is 1. The highest BCUT2D eigenvalue weighted by Gasteiger charge is 2.23. The van der Waals surface area contributed by atoms with Crippen LogP contribution in [0.15, 0.2) is 28.9 Å². The van der Waals surface area contributed by atoms with E-state index < -0.39 is 0 Å². The zero-order valence-electron chi connectivity index (χ0n) is 13.0. The molecule has 2 aromatic heterocycles. The van der Waals surface area contributed by atoms with Crippen LogP contribution in [0.3, 0.4) is 0 Å². The van der Waals surface area contributed by atoms with Crippen LogP contribution < -0.4 is 4.90 Å². The van der Waals surface area contributed by atoms with Crippen molar-refractivity contribution in [2.24, 2.45) is 0 Å². The van der Waals surface area contributed by atoms with Crippen LogP contribution in [0.2, 0.25) is 0 Å². The Labute approximate surface area is 129 Å². The van der Waals surface area contributed by atoms with Gasteiger partial charge in [0.2, 0.25) is 5.91 Å². The van der Waals surface area contributed by atoms with E-state index in [1.54, 1.807) is 6.20 Å². The Bertz CT molecular complexity index is 626. The zero-order chi connectivity index (χ0) is 15.5. The van der Waals surface area contributed by atoms with E-state index in [1.807, 2.05) is 36.9 Å². The summed E-state index contributed by atoms with van der Waals surface area (Å²) in [4.78, 5) is 20.9. The van der Waals surface area contributed by atoms with E-state index in [4.69, 9.17) is 4.52 Å². The molecule has 0 bridgehead atoms. The minimum absolute atomic E-state index is 0.134. The Morgan fingerprint density at radius 3 is 2.59 bits per heavy atom. The molecule has 0 atom stereocenters. The molecule has 0 spiro atoms. The number of hydrogen-bond donors (Lipinski definition) is 0. The number of carbonyl (C=O) groups is 1. The SMILES string of the molecule is Cc1noc(C)c1CC(=O)N1CCN(c2ccccn2)CC1. The molecule has 22 heavy (non-hydrogen) atoms. The maximum Gasteiger partial charge on any atom is 0.227 e. The molecule has 1 saturated heterocycles. The Hall–Kier alpha value is -2.37. The molecule has 1 aliphatic heterocycles. The highest BCUT2D eigenvalue weighted by molar-refractivity contribution is 5.79. The molecular formula is C16H20N4O2. The lowest BCUT2D eigenvalue weighted by Crippen LogP contribution is -2.49. The van der Waals surface area contributed by atoms with Crippen LogP contribution in [-0.2, 0) is 11.2 Å². The first-order chi connectivity index (χ1) is 10.6. The van der Waals surface area contributed by atoms with Crippen molar-refractivity contribution in [3.05, 3.63) is 41.4 Å². The van der Waals surface area contributed by atoms with Crippen molar-refractivity contribution in [1.29, 1.82) is 0 Å². The Morgan fingerprint density at radius 2 is 2.00 bits per heavy atom. The van der Waals surface area contributed by atoms with Crippen molar-refractivity contribution in [2.75, 3.05) is 31.1 Å². The monoisotopic (exact) mass is 300 g/mol. The fourth-order valence-electron chi connectivity index (χ4n) is 2.74. The third-order valence-electron chi connectivity index (χ3n) is 4.11. The van der Waals surface area contributed by atoms with Crippen molar-refractivity contribution >= 4 is 11.7 Å². The Morgan fingerprint density at radius 1 is 1.23 bits per heavy atom. The third-order valence-corrected chi connectivity index (χ3v) is 4.11. The highest BCUT2D eigenvalue weighted by atomic mass is 16.5. The molecule has 2 aromatic rings. The van der Waals surface area contributed by atoms with Crippen LogP contribution in [0.25, 0.3) is 0 Å². The van der Waals surface area contributed by atoms with E-state index in [0.717, 1.165) is 49.0 Å². The standard InChI is InChI=1S/C16H20N4O2/c1-12-14(13(2)22-18-12)11-16(21)20-9-7-19(8-10-20)15-5-3-4-6-17-15/h3-6H,7-11H2,1-2H3. The van der Waals surface area contributed by atoms with E-state index in [-0.39, 0.29) is 5.91 Å². The largest absolute Gasteiger partial charge is 0.361 e. The van der Waals surface area contributed by atoms with Crippen molar-refractivity contribution < 1.29 is 9.32 Å². The number of amides is 1. The average Bonchev–Trinajstić information content (AvgIpc) is 2.88. The maximum atomic E-state index is 12.4. The number of anilines is 1. The summed E-state index contributed by atoms with van der Waals surface area (Å²) in [7, 11) is 0. The maximum absolute atomic E-state index is 12.4. The molecular weight excluding hydrogens is 280 g/mol. The highest BCUT2D eigenvalue weighted by Crippen LogP contribution is 2.16. The number of hydrogen-bond acceptors (Lipinski definition) is 5. The predicted octanol–water partition coefficient (Wildman–Crippen LogP) is 1.58. The van der Waals surface area contributed by atoms with Gasteiger partial charge in [0, 0.05) is 37.9 Å². The van der Waals surface area contributed by atoms with Crippen LogP contribution >= 0.6 is 0 Å². The van der Waals surface area contributed by atoms with E-state index in [1.165, 1.54) is 0 Å². The quantitative estimate of drug-likeness (QED) is 0.861. The van der Waals surface area contributed by atoms with E-state index in [2.05, 4.69) is 15.0 Å². The smallest absolute Gasteiger partial charge is 0.227 e. The molecule has 3 rings (SSSR count). The second-order valence-electron chi connectivity index (χ2n) is 5.54. The number of nitrogens with zero attached hydrogens (tertiary/aromatic N) is 4. The summed E-state index contributed by atoms with van der Waals surface area (Å²) in [6.07, 6.45) is 2.16. The summed E-state index contributed by atoms with van der Waals surface area (Å²) in [5.74, 6) is 1.84. The summed E-state index contributed by atoms with van der Waals surface area (Å²) in [5, 5.41) is 3.90. The number of aryl methyl sites for hydroxylation is 2. The topological polar surface area (TPSA) is 62.5 Å². The van der Waals surface area contributed by atoms with Crippen molar-refractivity contribution in [3.63, 3.8) is 0 Å². The first kappa shape index (κ1) is 14.6. The molecule has 1 amide bonds. The normalized spacial score (nSPS) is 15.2. The number of rotatable bonds is 3. The third kappa shape index (κ3) is 2.95. The van der Waals surface area contributed by atoms with E-state index >= 15 is 0 Å². The van der Waals surface area contributed by atoms with Gasteiger partial charge in [0.25, 0.3) is 0 Å². The molecule has 3 heterocycles. The lowest BCUT2D eigenvalue weighted by molar-refractivity contribution is -0.130. The molecule has 0 N–H and O–H groups in total. The van der Waals surface area contributed by atoms with Crippen LogP contribution in [0.1, 0.15) is 17.0 Å². The molecule has 6 heteroatoms. The lowest BCUT2D eigenvalue weighted by Gasteiger charge is -2.35. The molecule has 0 unspecified atom stereocenters. The molecule has 0 aliphatic carbocycles. The predicted molar refractivity (Wildman–Crippen MR) is 82.7 cm³/mol. The van der Waals surface area contributed by atoms with Gasteiger partial charge in [-0.1, -0.05) is 11.2 Å². The lowest BCUT2D eigenvalue weighted by atomic mass is 10.1. The Kier molecular flexibility index (Phi) is 4.09. The van der Waals surface area contributed by atoms with Crippen molar-refractivity contribution in [2.45, 2.75) is 20.3 Å². The van der Waals surface area contributed by atoms with Gasteiger partial charge in [-0.2, -0.15) is 0 Å². The second kappa shape index (κ2) is 6.17. The van der Waals surface area contributed by atoms with Gasteiger partial charge in [-0.3, -0.25) is 4.79 Å². The van der Waals surface area contributed by atoms with Gasteiger partial charge < -0.3 is 14.3 Å². The fourth-order valence-corrected chi connectivity index (χ4v) is 2.74. The second-order valence-corrected chi connectivity index (χ2v) is 5.54. The summed E-state index contributed by atoms with van der Waals surface area (Å²) in [5.41, 5.74) is 1.72. The van der Waals surface area contributed by atoms with Gasteiger partial charge in [0.05, 0.1) is 12.1 Å². The van der Waals surface area contributed by atoms with Gasteiger partial charge in [0.15, 0.2) is 0 Å². The first-order valence-electron chi connectivity index (χ1n) is 7.50. The van der Waals surface area contributed by atoms with Crippen molar-refractivity contribution in [3.8, 4) is 0 Å². The fraction of sp³-hybridized carbons (Fsp3) is 0.438. The number of aromatic nitrogens is 2. The summed E-state index contributed by atoms with van der Waals surface area (Å²) >= 11 is 0. The van der Waals surface area contributed by atoms with Gasteiger partial charge >= 0.3 is 0 Å². The van der Waals surface area contributed by atoms with Gasteiger partial charge in [-0.25, -0.2) is 4.98 Å². The van der Waals surface area contributed by atoms with Crippen LogP contribution in [0.5, 0.6) is 0 Å². The summed E-state index contributed by atoms with van der Waals surface area (Å²) in [6, 6.07) is 5.89. The van der Waals surface area contributed by atoms with Crippen LogP contribution in [-0.4, -0.2) is 47.1 Å². The minimum atomic E-state index is 0.134. The average molecular weight is 300 g/mol. The molecule has 0 saturated carbocycles. The van der Waals surface area contributed by atoms with Gasteiger partial charge in [-0.05, 0) is 26.0 Å².